The predicted molar refractivity (Wildman–Crippen MR) is 94.0 cm³/mol. The molecule has 0 bridgehead atoms. The molecular weight excluding hydrogens is 288 g/mol. The van der Waals surface area contributed by atoms with E-state index in [-0.39, 0.29) is 0 Å². The van der Waals surface area contributed by atoms with Gasteiger partial charge in [0.1, 0.15) is 0 Å². The molecule has 116 valence electrons. The lowest BCUT2D eigenvalue weighted by atomic mass is 10.4. The summed E-state index contributed by atoms with van der Waals surface area (Å²) in [5, 5.41) is 0. The van der Waals surface area contributed by atoms with Gasteiger partial charge in [-0.1, -0.05) is 26.7 Å². The third kappa shape index (κ3) is 6.33. The number of rotatable bonds is 10. The molecule has 0 saturated carbocycles. The van der Waals surface area contributed by atoms with Crippen molar-refractivity contribution < 1.29 is 8.85 Å². The molecule has 0 saturated heterocycles. The van der Waals surface area contributed by atoms with Crippen LogP contribution in [0.3, 0.4) is 0 Å². The van der Waals surface area contributed by atoms with Crippen LogP contribution >= 0.6 is 11.8 Å². The molecule has 19 heavy (non-hydrogen) atoms. The van der Waals surface area contributed by atoms with Crippen LogP contribution in [-0.2, 0) is 8.85 Å². The Kier molecular flexibility index (Phi) is 9.20. The lowest BCUT2D eigenvalue weighted by Gasteiger charge is -2.37. The molecule has 0 aliphatic rings. The Labute approximate surface area is 127 Å². The summed E-state index contributed by atoms with van der Waals surface area (Å²) in [5.74, 6) is 0. The maximum atomic E-state index is 5.87. The lowest BCUT2D eigenvalue weighted by molar-refractivity contribution is 0.396. The highest BCUT2D eigenvalue weighted by Gasteiger charge is 2.40. The highest BCUT2D eigenvalue weighted by Crippen LogP contribution is 2.36. The van der Waals surface area contributed by atoms with Gasteiger partial charge in [-0.2, -0.15) is 11.8 Å². The molecule has 0 aliphatic heterocycles. The summed E-state index contributed by atoms with van der Waals surface area (Å²) >= 11 is 2.18. The van der Waals surface area contributed by atoms with Crippen LogP contribution in [0.5, 0.6) is 0 Å². The summed E-state index contributed by atoms with van der Waals surface area (Å²) in [6.07, 6.45) is 5.02. The summed E-state index contributed by atoms with van der Waals surface area (Å²) in [6.45, 7) is 14.0. The maximum Gasteiger partial charge on any atom is 0.198 e. The van der Waals surface area contributed by atoms with Gasteiger partial charge in [0.15, 0.2) is 16.6 Å². The summed E-state index contributed by atoms with van der Waals surface area (Å²) in [7, 11) is 0.621. The van der Waals surface area contributed by atoms with Gasteiger partial charge >= 0.3 is 0 Å². The van der Waals surface area contributed by atoms with Crippen LogP contribution in [0, 0.1) is 0 Å². The lowest BCUT2D eigenvalue weighted by Crippen LogP contribution is -2.48. The van der Waals surface area contributed by atoms with Crippen molar-refractivity contribution >= 4 is 28.4 Å². The summed E-state index contributed by atoms with van der Waals surface area (Å²) < 4.78 is 11.7. The van der Waals surface area contributed by atoms with Gasteiger partial charge in [-0.25, -0.2) is 0 Å². The minimum absolute atomic E-state index is 0.681. The summed E-state index contributed by atoms with van der Waals surface area (Å²) in [4.78, 5) is 1.36. The molecule has 2 atom stereocenters. The first-order valence-electron chi connectivity index (χ1n) is 7.50. The molecule has 0 aromatic heterocycles. The first kappa shape index (κ1) is 19.7. The highest BCUT2D eigenvalue weighted by molar-refractivity contribution is 8.03. The predicted octanol–water partition coefficient (Wildman–Crippen LogP) is 4.84. The SMILES string of the molecule is CCCC(SC(CCC)[Si](C)(C)OC)[Si](C)(C)OC. The first-order chi connectivity index (χ1) is 8.75. The highest BCUT2D eigenvalue weighted by atomic mass is 32.2. The molecular formula is C14H34O2SSi2. The van der Waals surface area contributed by atoms with E-state index in [0.29, 0.717) is 9.75 Å². The van der Waals surface area contributed by atoms with Gasteiger partial charge in [0.05, 0.1) is 0 Å². The number of hydrogen-bond donors (Lipinski definition) is 0. The minimum Gasteiger partial charge on any atom is -0.419 e. The smallest absolute Gasteiger partial charge is 0.198 e. The van der Waals surface area contributed by atoms with Crippen LogP contribution in [0.25, 0.3) is 0 Å². The van der Waals surface area contributed by atoms with Crippen molar-refractivity contribution in [3.8, 4) is 0 Å². The Balaban J connectivity index is 4.94. The molecule has 0 spiro atoms. The molecule has 0 aromatic carbocycles. The Morgan fingerprint density at radius 1 is 0.789 bits per heavy atom. The number of hydrogen-bond acceptors (Lipinski definition) is 3. The van der Waals surface area contributed by atoms with Crippen LogP contribution in [0.4, 0.5) is 0 Å². The molecule has 0 aromatic rings. The van der Waals surface area contributed by atoms with Crippen molar-refractivity contribution in [2.24, 2.45) is 0 Å². The largest absolute Gasteiger partial charge is 0.419 e. The molecule has 0 rings (SSSR count). The minimum atomic E-state index is -1.58. The van der Waals surface area contributed by atoms with Crippen LogP contribution in [0.2, 0.25) is 26.2 Å². The fourth-order valence-corrected chi connectivity index (χ4v) is 10.4. The van der Waals surface area contributed by atoms with E-state index in [0.717, 1.165) is 0 Å². The van der Waals surface area contributed by atoms with E-state index in [9.17, 15) is 0 Å². The Morgan fingerprint density at radius 3 is 1.32 bits per heavy atom. The van der Waals surface area contributed by atoms with Crippen LogP contribution < -0.4 is 0 Å². The van der Waals surface area contributed by atoms with Gasteiger partial charge in [0, 0.05) is 24.0 Å². The average Bonchev–Trinajstić information content (AvgIpc) is 2.37. The molecule has 5 heteroatoms. The van der Waals surface area contributed by atoms with E-state index in [2.05, 4.69) is 51.8 Å². The second-order valence-electron chi connectivity index (χ2n) is 6.31. The van der Waals surface area contributed by atoms with Gasteiger partial charge in [-0.15, -0.1) is 0 Å². The maximum absolute atomic E-state index is 5.87. The van der Waals surface area contributed by atoms with Crippen molar-refractivity contribution in [2.75, 3.05) is 14.2 Å². The topological polar surface area (TPSA) is 18.5 Å². The van der Waals surface area contributed by atoms with E-state index in [4.69, 9.17) is 8.85 Å². The van der Waals surface area contributed by atoms with E-state index in [1.165, 1.54) is 25.7 Å². The van der Waals surface area contributed by atoms with Crippen molar-refractivity contribution in [3.63, 3.8) is 0 Å². The molecule has 0 fully saturated rings. The van der Waals surface area contributed by atoms with Crippen LogP contribution in [0.15, 0.2) is 0 Å². The van der Waals surface area contributed by atoms with Crippen molar-refractivity contribution in [1.29, 1.82) is 0 Å². The van der Waals surface area contributed by atoms with Gasteiger partial charge in [-0.3, -0.25) is 0 Å². The monoisotopic (exact) mass is 322 g/mol. The van der Waals surface area contributed by atoms with Gasteiger partial charge in [0.25, 0.3) is 0 Å². The molecule has 0 heterocycles. The Morgan fingerprint density at radius 2 is 1.11 bits per heavy atom. The number of thioether (sulfide) groups is 1. The molecule has 2 nitrogen and oxygen atoms in total. The zero-order valence-corrected chi connectivity index (χ0v) is 17.0. The second-order valence-corrected chi connectivity index (χ2v) is 17.2. The van der Waals surface area contributed by atoms with E-state index >= 15 is 0 Å². The summed E-state index contributed by atoms with van der Waals surface area (Å²) in [6, 6.07) is 0. The molecule has 0 radical (unpaired) electrons. The van der Waals surface area contributed by atoms with E-state index in [1.54, 1.807) is 0 Å². The van der Waals surface area contributed by atoms with Crippen molar-refractivity contribution in [1.82, 2.24) is 0 Å². The fourth-order valence-electron chi connectivity index (χ4n) is 2.14. The van der Waals surface area contributed by atoms with Gasteiger partial charge in [0.2, 0.25) is 0 Å². The molecule has 0 aliphatic carbocycles. The Hall–Kier alpha value is 0.704. The van der Waals surface area contributed by atoms with Crippen LogP contribution in [-0.4, -0.2) is 40.6 Å². The molecule has 2 unspecified atom stereocenters. The fraction of sp³-hybridized carbons (Fsp3) is 1.00. The third-order valence-electron chi connectivity index (χ3n) is 4.03. The zero-order chi connectivity index (χ0) is 15.1. The molecule has 0 N–H and O–H groups in total. The van der Waals surface area contributed by atoms with Gasteiger partial charge < -0.3 is 8.85 Å². The third-order valence-corrected chi connectivity index (χ3v) is 15.2. The first-order valence-corrected chi connectivity index (χ1v) is 14.4. The van der Waals surface area contributed by atoms with E-state index < -0.39 is 16.6 Å². The van der Waals surface area contributed by atoms with Crippen molar-refractivity contribution in [2.45, 2.75) is 75.5 Å². The summed E-state index contributed by atoms with van der Waals surface area (Å²) in [5.41, 5.74) is 0. The quantitative estimate of drug-likeness (QED) is 0.536. The normalized spacial score (nSPS) is 16.4. The Bertz CT molecular complexity index is 224. The van der Waals surface area contributed by atoms with Crippen molar-refractivity contribution in [3.05, 3.63) is 0 Å². The zero-order valence-electron chi connectivity index (χ0n) is 14.2. The average molecular weight is 323 g/mol. The van der Waals surface area contributed by atoms with E-state index in [1.807, 2.05) is 14.2 Å². The second kappa shape index (κ2) is 8.87. The van der Waals surface area contributed by atoms with Gasteiger partial charge in [-0.05, 0) is 39.0 Å². The standard InChI is InChI=1S/C14H34O2SSi2/c1-9-11-13(18(5,6)15-3)17-14(12-10-2)19(7,8)16-4/h13-14H,9-12H2,1-8H3. The van der Waals surface area contributed by atoms with Crippen LogP contribution in [0.1, 0.15) is 39.5 Å². The molecule has 0 amide bonds.